The van der Waals surface area contributed by atoms with Crippen molar-refractivity contribution in [1.29, 1.82) is 5.41 Å². The number of nitrogens with zero attached hydrogens (tertiary/aromatic N) is 2. The number of aliphatic imine (C=N–C) groups is 1. The molecule has 168 valence electrons. The average Bonchev–Trinajstić information content (AvgIpc) is 2.74. The van der Waals surface area contributed by atoms with Gasteiger partial charge in [-0.1, -0.05) is 17.7 Å². The minimum absolute atomic E-state index is 0.00240. The van der Waals surface area contributed by atoms with Crippen molar-refractivity contribution in [1.82, 2.24) is 15.6 Å². The zero-order chi connectivity index (χ0) is 23.4. The molecule has 1 aromatic heterocycles. The minimum Gasteiger partial charge on any atom is -0.445 e. The molecule has 0 bridgehead atoms. The summed E-state index contributed by atoms with van der Waals surface area (Å²) in [6.45, 7) is 0.0356. The van der Waals surface area contributed by atoms with Crippen LogP contribution in [-0.2, 0) is 6.18 Å². The molecule has 0 aliphatic carbocycles. The van der Waals surface area contributed by atoms with E-state index in [9.17, 15) is 18.0 Å². The number of guanidine groups is 1. The number of halogens is 4. The van der Waals surface area contributed by atoms with Crippen LogP contribution in [-0.4, -0.2) is 42.4 Å². The average molecular weight is 467 g/mol. The van der Waals surface area contributed by atoms with Gasteiger partial charge in [0.15, 0.2) is 5.96 Å². The number of amides is 1. The molecule has 1 amide bonds. The number of nitrogens with one attached hydrogen (secondary N) is 4. The van der Waals surface area contributed by atoms with E-state index in [2.05, 4.69) is 25.9 Å². The predicted molar refractivity (Wildman–Crippen MR) is 114 cm³/mol. The summed E-state index contributed by atoms with van der Waals surface area (Å²) >= 11 is 5.63. The maximum absolute atomic E-state index is 13.1. The van der Waals surface area contributed by atoms with Gasteiger partial charge in [0.2, 0.25) is 11.6 Å². The number of ether oxygens (including phenoxy) is 1. The lowest BCUT2D eigenvalue weighted by molar-refractivity contribution is -0.137. The molecule has 1 aliphatic rings. The summed E-state index contributed by atoms with van der Waals surface area (Å²) in [5, 5.41) is 15.5. The van der Waals surface area contributed by atoms with Gasteiger partial charge in [0.05, 0.1) is 10.6 Å². The number of allylic oxidation sites excluding steroid dienone is 1. The molecule has 0 spiro atoms. The summed E-state index contributed by atoms with van der Waals surface area (Å²) in [6.07, 6.45) is 0.0461. The molecule has 0 fully saturated rings. The van der Waals surface area contributed by atoms with E-state index in [4.69, 9.17) is 21.7 Å². The number of carbonyl (C=O) groups excluding carboxylic acids is 1. The number of dihydropyridines is 1. The van der Waals surface area contributed by atoms with Gasteiger partial charge < -0.3 is 20.7 Å². The van der Waals surface area contributed by atoms with E-state index < -0.39 is 28.4 Å². The fourth-order valence-corrected chi connectivity index (χ4v) is 3.02. The first-order valence-corrected chi connectivity index (χ1v) is 9.56. The number of rotatable bonds is 5. The van der Waals surface area contributed by atoms with Crippen molar-refractivity contribution in [2.45, 2.75) is 11.9 Å². The molecule has 1 atom stereocenters. The molecule has 8 nitrogen and oxygen atoms in total. The smallest absolute Gasteiger partial charge is 0.417 e. The first-order chi connectivity index (χ1) is 15.1. The van der Waals surface area contributed by atoms with Crippen molar-refractivity contribution in [3.63, 3.8) is 0 Å². The summed E-state index contributed by atoms with van der Waals surface area (Å²) < 4.78 is 45.2. The Hall–Kier alpha value is -3.60. The number of aromatic nitrogens is 1. The molecule has 2 heterocycles. The molecule has 12 heteroatoms. The normalized spacial score (nSPS) is 17.5. The van der Waals surface area contributed by atoms with Gasteiger partial charge in [-0.05, 0) is 36.4 Å². The van der Waals surface area contributed by atoms with Gasteiger partial charge in [-0.3, -0.25) is 15.2 Å². The third-order valence-electron chi connectivity index (χ3n) is 4.23. The SMILES string of the molecule is CNC(=O)c1cccc(OC2(NC(=N)Nc3ccc(Cl)c(C(F)(F)F)c3)C=CC=NC2)n1. The topological polar surface area (TPSA) is 111 Å². The molecule has 4 N–H and O–H groups in total. The van der Waals surface area contributed by atoms with Gasteiger partial charge in [0.25, 0.3) is 5.91 Å². The largest absolute Gasteiger partial charge is 0.445 e. The Kier molecular flexibility index (Phi) is 6.68. The number of benzene rings is 1. The number of hydrogen-bond acceptors (Lipinski definition) is 5. The number of alkyl halides is 3. The molecule has 0 saturated carbocycles. The monoisotopic (exact) mass is 466 g/mol. The molecule has 1 aromatic carbocycles. The summed E-state index contributed by atoms with van der Waals surface area (Å²) in [6, 6.07) is 7.80. The standard InChI is InChI=1S/C20H18ClF3N6O2/c1-26-17(31)15-4-2-5-16(29-15)32-19(8-3-9-27-11-19)30-18(25)28-12-6-7-14(21)13(10-12)20(22,23)24/h2-10H,11H2,1H3,(H,26,31)(H3,25,28,30). The third-order valence-corrected chi connectivity index (χ3v) is 4.56. The molecule has 32 heavy (non-hydrogen) atoms. The highest BCUT2D eigenvalue weighted by Crippen LogP contribution is 2.36. The van der Waals surface area contributed by atoms with Crippen molar-refractivity contribution in [2.24, 2.45) is 4.99 Å². The maximum Gasteiger partial charge on any atom is 0.417 e. The second-order valence-corrected chi connectivity index (χ2v) is 7.01. The number of anilines is 1. The summed E-state index contributed by atoms with van der Waals surface area (Å²) in [4.78, 5) is 20.1. The van der Waals surface area contributed by atoms with Gasteiger partial charge in [0.1, 0.15) is 12.2 Å². The summed E-state index contributed by atoms with van der Waals surface area (Å²) in [5.74, 6) is -0.684. The minimum atomic E-state index is -4.64. The molecule has 0 radical (unpaired) electrons. The van der Waals surface area contributed by atoms with E-state index in [0.29, 0.717) is 0 Å². The Morgan fingerprint density at radius 2 is 2.06 bits per heavy atom. The van der Waals surface area contributed by atoms with E-state index in [1.165, 1.54) is 31.5 Å². The lowest BCUT2D eigenvalue weighted by Crippen LogP contribution is -2.56. The van der Waals surface area contributed by atoms with E-state index in [1.54, 1.807) is 18.2 Å². The van der Waals surface area contributed by atoms with Crippen LogP contribution in [0.4, 0.5) is 18.9 Å². The van der Waals surface area contributed by atoms with Gasteiger partial charge in [-0.15, -0.1) is 0 Å². The van der Waals surface area contributed by atoms with E-state index in [0.717, 1.165) is 12.1 Å². The van der Waals surface area contributed by atoms with Crippen molar-refractivity contribution >= 4 is 35.4 Å². The molecular formula is C20H18ClF3N6O2. The van der Waals surface area contributed by atoms with E-state index in [1.807, 2.05) is 0 Å². The number of pyridine rings is 1. The van der Waals surface area contributed by atoms with Crippen LogP contribution in [0.3, 0.4) is 0 Å². The Morgan fingerprint density at radius 1 is 1.28 bits per heavy atom. The van der Waals surface area contributed by atoms with Gasteiger partial charge in [-0.25, -0.2) is 4.98 Å². The van der Waals surface area contributed by atoms with Gasteiger partial charge in [0, 0.05) is 25.0 Å². The van der Waals surface area contributed by atoms with Crippen LogP contribution >= 0.6 is 11.6 Å². The van der Waals surface area contributed by atoms with Gasteiger partial charge in [-0.2, -0.15) is 13.2 Å². The first-order valence-electron chi connectivity index (χ1n) is 9.18. The quantitative estimate of drug-likeness (QED) is 0.306. The Morgan fingerprint density at radius 3 is 2.72 bits per heavy atom. The van der Waals surface area contributed by atoms with Crippen LogP contribution in [0.2, 0.25) is 5.02 Å². The van der Waals surface area contributed by atoms with Crippen molar-refractivity contribution in [2.75, 3.05) is 18.9 Å². The summed E-state index contributed by atoms with van der Waals surface area (Å²) in [5.41, 5.74) is -2.28. The Balaban J connectivity index is 1.79. The zero-order valence-corrected chi connectivity index (χ0v) is 17.4. The lowest BCUT2D eigenvalue weighted by atomic mass is 10.1. The predicted octanol–water partition coefficient (Wildman–Crippen LogP) is 3.47. The third kappa shape index (κ3) is 5.55. The van der Waals surface area contributed by atoms with Crippen LogP contribution in [0.15, 0.2) is 53.5 Å². The highest BCUT2D eigenvalue weighted by molar-refractivity contribution is 6.31. The second kappa shape index (κ2) is 9.27. The molecule has 2 aromatic rings. The molecule has 1 aliphatic heterocycles. The summed E-state index contributed by atoms with van der Waals surface area (Å²) in [7, 11) is 1.47. The van der Waals surface area contributed by atoms with Crippen molar-refractivity contribution < 1.29 is 22.7 Å². The molecular weight excluding hydrogens is 449 g/mol. The number of carbonyl (C=O) groups is 1. The fourth-order valence-electron chi connectivity index (χ4n) is 2.79. The Bertz CT molecular complexity index is 1090. The maximum atomic E-state index is 13.1. The van der Waals surface area contributed by atoms with Crippen molar-refractivity contribution in [3.8, 4) is 5.88 Å². The van der Waals surface area contributed by atoms with Crippen molar-refractivity contribution in [3.05, 3.63) is 64.8 Å². The highest BCUT2D eigenvalue weighted by atomic mass is 35.5. The van der Waals surface area contributed by atoms with Crippen LogP contribution in [0.25, 0.3) is 0 Å². The highest BCUT2D eigenvalue weighted by Gasteiger charge is 2.34. The first kappa shape index (κ1) is 23.1. The molecule has 1 unspecified atom stereocenters. The van der Waals surface area contributed by atoms with E-state index in [-0.39, 0.29) is 29.8 Å². The van der Waals surface area contributed by atoms with Crippen LogP contribution in [0, 0.1) is 5.41 Å². The van der Waals surface area contributed by atoms with Gasteiger partial charge >= 0.3 is 6.18 Å². The lowest BCUT2D eigenvalue weighted by Gasteiger charge is -2.32. The molecule has 3 rings (SSSR count). The van der Waals surface area contributed by atoms with Crippen LogP contribution in [0.1, 0.15) is 16.1 Å². The molecule has 0 saturated heterocycles. The van der Waals surface area contributed by atoms with Crippen LogP contribution in [0.5, 0.6) is 5.88 Å². The second-order valence-electron chi connectivity index (χ2n) is 6.60. The Labute approximate surface area is 186 Å². The van der Waals surface area contributed by atoms with E-state index >= 15 is 0 Å². The fraction of sp³-hybridized carbons (Fsp3) is 0.200. The van der Waals surface area contributed by atoms with Crippen LogP contribution < -0.4 is 20.7 Å². The zero-order valence-electron chi connectivity index (χ0n) is 16.6. The number of hydrogen-bond donors (Lipinski definition) is 4.